The van der Waals surface area contributed by atoms with Crippen LogP contribution in [-0.4, -0.2) is 28.9 Å². The van der Waals surface area contributed by atoms with Gasteiger partial charge in [-0.2, -0.15) is 0 Å². The summed E-state index contributed by atoms with van der Waals surface area (Å²) < 4.78 is 0. The molecule has 0 radical (unpaired) electrons. The highest BCUT2D eigenvalue weighted by molar-refractivity contribution is 5.92. The van der Waals surface area contributed by atoms with Crippen molar-refractivity contribution in [3.05, 3.63) is 34.2 Å². The maximum absolute atomic E-state index is 12.1. The van der Waals surface area contributed by atoms with E-state index in [1.165, 1.54) is 6.07 Å². The van der Waals surface area contributed by atoms with Crippen LogP contribution >= 0.6 is 0 Å². The quantitative estimate of drug-likeness (QED) is 0.852. The van der Waals surface area contributed by atoms with Gasteiger partial charge >= 0.3 is 0 Å². The van der Waals surface area contributed by atoms with E-state index in [9.17, 15) is 9.59 Å². The first-order valence-corrected chi connectivity index (χ1v) is 5.70. The van der Waals surface area contributed by atoms with E-state index in [4.69, 9.17) is 0 Å². The van der Waals surface area contributed by atoms with E-state index in [2.05, 4.69) is 25.8 Å². The van der Waals surface area contributed by atoms with Crippen LogP contribution in [0.4, 0.5) is 0 Å². The average molecular weight is 236 g/mol. The second kappa shape index (κ2) is 4.73. The first-order valence-electron chi connectivity index (χ1n) is 5.70. The van der Waals surface area contributed by atoms with Crippen LogP contribution in [0.5, 0.6) is 0 Å². The van der Waals surface area contributed by atoms with Crippen molar-refractivity contribution in [2.24, 2.45) is 5.41 Å². The van der Waals surface area contributed by atoms with Gasteiger partial charge in [-0.15, -0.1) is 0 Å². The van der Waals surface area contributed by atoms with Crippen molar-refractivity contribution in [1.29, 1.82) is 0 Å². The van der Waals surface area contributed by atoms with Crippen molar-refractivity contribution < 1.29 is 4.79 Å². The lowest BCUT2D eigenvalue weighted by molar-refractivity contribution is 0.0623. The van der Waals surface area contributed by atoms with Crippen molar-refractivity contribution in [3.8, 4) is 0 Å². The lowest BCUT2D eigenvalue weighted by atomic mass is 9.87. The van der Waals surface area contributed by atoms with Gasteiger partial charge in [-0.25, -0.2) is 0 Å². The molecule has 1 unspecified atom stereocenters. The molecule has 17 heavy (non-hydrogen) atoms. The number of carbonyl (C=O) groups excluding carboxylic acids is 1. The average Bonchev–Trinajstić information content (AvgIpc) is 2.25. The highest BCUT2D eigenvalue weighted by Crippen LogP contribution is 2.23. The predicted octanol–water partition coefficient (Wildman–Crippen LogP) is 1.88. The molecule has 1 aromatic rings. The Morgan fingerprint density at radius 1 is 1.35 bits per heavy atom. The van der Waals surface area contributed by atoms with Crippen LogP contribution in [-0.2, 0) is 0 Å². The highest BCUT2D eigenvalue weighted by atomic mass is 16.2. The van der Waals surface area contributed by atoms with E-state index in [1.54, 1.807) is 24.1 Å². The summed E-state index contributed by atoms with van der Waals surface area (Å²) in [6.45, 7) is 8.23. The van der Waals surface area contributed by atoms with Gasteiger partial charge in [0.1, 0.15) is 5.69 Å². The molecule has 0 aliphatic rings. The molecule has 0 spiro atoms. The maximum Gasteiger partial charge on any atom is 0.270 e. The van der Waals surface area contributed by atoms with E-state index in [1.807, 2.05) is 6.92 Å². The lowest BCUT2D eigenvalue weighted by Gasteiger charge is -2.35. The van der Waals surface area contributed by atoms with Gasteiger partial charge in [0.25, 0.3) is 5.91 Å². The summed E-state index contributed by atoms with van der Waals surface area (Å²) in [5, 5.41) is 0. The third-order valence-electron chi connectivity index (χ3n) is 3.15. The Bertz CT molecular complexity index is 457. The molecule has 1 N–H and O–H groups in total. The molecule has 1 heterocycles. The highest BCUT2D eigenvalue weighted by Gasteiger charge is 2.27. The number of hydrogen-bond donors (Lipinski definition) is 1. The van der Waals surface area contributed by atoms with Crippen LogP contribution in [0.2, 0.25) is 0 Å². The molecule has 0 saturated carbocycles. The lowest BCUT2D eigenvalue weighted by Crippen LogP contribution is -2.43. The van der Waals surface area contributed by atoms with Crippen LogP contribution < -0.4 is 5.56 Å². The minimum atomic E-state index is -0.257. The number of hydrogen-bond acceptors (Lipinski definition) is 2. The third kappa shape index (κ3) is 3.19. The number of nitrogens with zero attached hydrogens (tertiary/aromatic N) is 1. The molecular weight excluding hydrogens is 216 g/mol. The van der Waals surface area contributed by atoms with Gasteiger partial charge in [-0.3, -0.25) is 9.59 Å². The SMILES string of the molecule is CC(N(C)C(=O)c1cccc(=O)[nH]1)C(C)(C)C. The molecule has 4 heteroatoms. The van der Waals surface area contributed by atoms with E-state index in [-0.39, 0.29) is 22.9 Å². The van der Waals surface area contributed by atoms with Crippen molar-refractivity contribution in [3.63, 3.8) is 0 Å². The van der Waals surface area contributed by atoms with Crippen molar-refractivity contribution in [1.82, 2.24) is 9.88 Å². The molecule has 0 saturated heterocycles. The molecule has 1 aromatic heterocycles. The number of H-pyrrole nitrogens is 1. The monoisotopic (exact) mass is 236 g/mol. The molecule has 0 aromatic carbocycles. The van der Waals surface area contributed by atoms with E-state index in [0.717, 1.165) is 0 Å². The van der Waals surface area contributed by atoms with Crippen molar-refractivity contribution in [2.45, 2.75) is 33.7 Å². The topological polar surface area (TPSA) is 53.2 Å². The normalized spacial score (nSPS) is 13.2. The summed E-state index contributed by atoms with van der Waals surface area (Å²) in [5.74, 6) is -0.162. The van der Waals surface area contributed by atoms with Gasteiger partial charge in [0, 0.05) is 19.2 Å². The summed E-state index contributed by atoms with van der Waals surface area (Å²) in [4.78, 5) is 27.5. The van der Waals surface area contributed by atoms with E-state index < -0.39 is 0 Å². The van der Waals surface area contributed by atoms with E-state index in [0.29, 0.717) is 5.69 Å². The zero-order chi connectivity index (χ0) is 13.2. The van der Waals surface area contributed by atoms with E-state index >= 15 is 0 Å². The molecule has 4 nitrogen and oxygen atoms in total. The maximum atomic E-state index is 12.1. The third-order valence-corrected chi connectivity index (χ3v) is 3.15. The van der Waals surface area contributed by atoms with Gasteiger partial charge in [0.2, 0.25) is 5.56 Å². The standard InChI is InChI=1S/C13H20N2O2/c1-9(13(2,3)4)15(5)12(17)10-7-6-8-11(16)14-10/h6-9H,1-5H3,(H,14,16). The summed E-state index contributed by atoms with van der Waals surface area (Å²) >= 11 is 0. The Hall–Kier alpha value is -1.58. The molecular formula is C13H20N2O2. The Labute approximate surface area is 102 Å². The molecule has 94 valence electrons. The second-order valence-electron chi connectivity index (χ2n) is 5.39. The summed E-state index contributed by atoms with van der Waals surface area (Å²) in [5.41, 5.74) is 0.0724. The van der Waals surface area contributed by atoms with Gasteiger partial charge in [0.05, 0.1) is 0 Å². The Morgan fingerprint density at radius 3 is 2.41 bits per heavy atom. The summed E-state index contributed by atoms with van der Waals surface area (Å²) in [6, 6.07) is 4.68. The number of rotatable bonds is 2. The minimum absolute atomic E-state index is 0.000511. The first kappa shape index (κ1) is 13.5. The molecule has 1 atom stereocenters. The zero-order valence-corrected chi connectivity index (χ0v) is 11.1. The van der Waals surface area contributed by atoms with Crippen molar-refractivity contribution in [2.75, 3.05) is 7.05 Å². The van der Waals surface area contributed by atoms with Gasteiger partial charge < -0.3 is 9.88 Å². The van der Waals surface area contributed by atoms with Crippen LogP contribution in [0.1, 0.15) is 38.2 Å². The van der Waals surface area contributed by atoms with Crippen LogP contribution in [0.25, 0.3) is 0 Å². The number of amides is 1. The van der Waals surface area contributed by atoms with Gasteiger partial charge in [-0.05, 0) is 18.4 Å². The fraction of sp³-hybridized carbons (Fsp3) is 0.538. The molecule has 0 fully saturated rings. The number of aromatic amines is 1. The van der Waals surface area contributed by atoms with Gasteiger partial charge in [0.15, 0.2) is 0 Å². The van der Waals surface area contributed by atoms with Crippen LogP contribution in [0.3, 0.4) is 0 Å². The minimum Gasteiger partial charge on any atom is -0.337 e. The Morgan fingerprint density at radius 2 is 1.94 bits per heavy atom. The number of pyridine rings is 1. The molecule has 0 bridgehead atoms. The number of carbonyl (C=O) groups is 1. The summed E-state index contributed by atoms with van der Waals surface area (Å²) in [6.07, 6.45) is 0. The van der Waals surface area contributed by atoms with Crippen LogP contribution in [0.15, 0.2) is 23.0 Å². The summed E-state index contributed by atoms with van der Waals surface area (Å²) in [7, 11) is 1.75. The Balaban J connectivity index is 2.95. The molecule has 1 rings (SSSR count). The van der Waals surface area contributed by atoms with Crippen molar-refractivity contribution >= 4 is 5.91 Å². The smallest absolute Gasteiger partial charge is 0.270 e. The largest absolute Gasteiger partial charge is 0.337 e. The predicted molar refractivity (Wildman–Crippen MR) is 68.1 cm³/mol. The molecule has 0 aliphatic heterocycles. The number of nitrogens with one attached hydrogen (secondary N) is 1. The fourth-order valence-corrected chi connectivity index (χ4v) is 1.52. The second-order valence-corrected chi connectivity index (χ2v) is 5.39. The zero-order valence-electron chi connectivity index (χ0n) is 11.1. The first-order chi connectivity index (χ1) is 7.73. The molecule has 0 aliphatic carbocycles. The number of aromatic nitrogens is 1. The fourth-order valence-electron chi connectivity index (χ4n) is 1.52. The molecule has 1 amide bonds. The van der Waals surface area contributed by atoms with Crippen LogP contribution in [0, 0.1) is 5.41 Å². The van der Waals surface area contributed by atoms with Gasteiger partial charge in [-0.1, -0.05) is 26.8 Å². The Kier molecular flexibility index (Phi) is 3.76.